The molecule has 4 nitrogen and oxygen atoms in total. The number of likely N-dealkylation sites (tertiary alicyclic amines) is 1. The quantitative estimate of drug-likeness (QED) is 0.770. The first-order valence-electron chi connectivity index (χ1n) is 10.4. The van der Waals surface area contributed by atoms with Crippen molar-refractivity contribution in [1.82, 2.24) is 10.2 Å². The molecular weight excluding hydrogens is 348 g/mol. The number of unbranched alkanes of at least 4 members (excludes halogenated alkanes) is 1. The molecule has 0 aromatic heterocycles. The Morgan fingerprint density at radius 2 is 1.54 bits per heavy atom. The summed E-state index contributed by atoms with van der Waals surface area (Å²) in [7, 11) is 0. The zero-order chi connectivity index (χ0) is 19.8. The van der Waals surface area contributed by atoms with Gasteiger partial charge in [0.25, 0.3) is 11.8 Å². The SMILES string of the molecule is CCCC[C@H](NC(=O)c1ccccc1)C1CCN(C(=O)c2ccccc2)CC1. The lowest BCUT2D eigenvalue weighted by molar-refractivity contribution is 0.0655. The molecule has 2 aromatic rings. The van der Waals surface area contributed by atoms with Gasteiger partial charge in [0.15, 0.2) is 0 Å². The van der Waals surface area contributed by atoms with Crippen molar-refractivity contribution in [2.45, 2.75) is 45.1 Å². The van der Waals surface area contributed by atoms with Crippen LogP contribution in [0.2, 0.25) is 0 Å². The zero-order valence-corrected chi connectivity index (χ0v) is 16.6. The van der Waals surface area contributed by atoms with Crippen LogP contribution in [0, 0.1) is 5.92 Å². The number of nitrogens with one attached hydrogen (secondary N) is 1. The van der Waals surface area contributed by atoms with E-state index in [1.165, 1.54) is 0 Å². The highest BCUT2D eigenvalue weighted by molar-refractivity contribution is 5.94. The third-order valence-corrected chi connectivity index (χ3v) is 5.64. The first-order valence-corrected chi connectivity index (χ1v) is 10.4. The summed E-state index contributed by atoms with van der Waals surface area (Å²) in [6.45, 7) is 3.68. The fraction of sp³-hybridized carbons (Fsp3) is 0.417. The van der Waals surface area contributed by atoms with Crippen LogP contribution in [0.3, 0.4) is 0 Å². The van der Waals surface area contributed by atoms with Gasteiger partial charge in [-0.15, -0.1) is 0 Å². The molecule has 1 heterocycles. The number of rotatable bonds is 7. The summed E-state index contributed by atoms with van der Waals surface area (Å²) in [5.74, 6) is 0.529. The average Bonchev–Trinajstić information content (AvgIpc) is 2.77. The fourth-order valence-electron chi connectivity index (χ4n) is 3.96. The van der Waals surface area contributed by atoms with Crippen LogP contribution in [-0.2, 0) is 0 Å². The summed E-state index contributed by atoms with van der Waals surface area (Å²) < 4.78 is 0. The molecule has 0 saturated carbocycles. The minimum absolute atomic E-state index is 0.00416. The Hall–Kier alpha value is -2.62. The third-order valence-electron chi connectivity index (χ3n) is 5.64. The summed E-state index contributed by atoms with van der Waals surface area (Å²) in [6.07, 6.45) is 5.07. The number of amides is 2. The highest BCUT2D eigenvalue weighted by Crippen LogP contribution is 2.25. The van der Waals surface area contributed by atoms with Gasteiger partial charge in [0, 0.05) is 30.3 Å². The monoisotopic (exact) mass is 378 g/mol. The van der Waals surface area contributed by atoms with E-state index in [2.05, 4.69) is 12.2 Å². The van der Waals surface area contributed by atoms with E-state index in [0.717, 1.165) is 50.8 Å². The van der Waals surface area contributed by atoms with Crippen LogP contribution >= 0.6 is 0 Å². The molecular formula is C24H30N2O2. The number of hydrogen-bond donors (Lipinski definition) is 1. The van der Waals surface area contributed by atoms with E-state index in [1.54, 1.807) is 0 Å². The molecule has 2 aromatic carbocycles. The predicted molar refractivity (Wildman–Crippen MR) is 112 cm³/mol. The van der Waals surface area contributed by atoms with Crippen molar-refractivity contribution in [3.05, 3.63) is 71.8 Å². The van der Waals surface area contributed by atoms with Gasteiger partial charge in [-0.3, -0.25) is 9.59 Å². The Bertz CT molecular complexity index is 753. The van der Waals surface area contributed by atoms with Crippen LogP contribution < -0.4 is 5.32 Å². The predicted octanol–water partition coefficient (Wildman–Crippen LogP) is 4.53. The van der Waals surface area contributed by atoms with E-state index in [9.17, 15) is 9.59 Å². The molecule has 3 rings (SSSR count). The Kier molecular flexibility index (Phi) is 7.24. The number of hydrogen-bond acceptors (Lipinski definition) is 2. The number of nitrogens with zero attached hydrogens (tertiary/aromatic N) is 1. The largest absolute Gasteiger partial charge is 0.349 e. The molecule has 1 fully saturated rings. The van der Waals surface area contributed by atoms with E-state index < -0.39 is 0 Å². The maximum atomic E-state index is 12.7. The van der Waals surface area contributed by atoms with Crippen LogP contribution in [0.5, 0.6) is 0 Å². The van der Waals surface area contributed by atoms with E-state index in [1.807, 2.05) is 65.6 Å². The highest BCUT2D eigenvalue weighted by atomic mass is 16.2. The first kappa shape index (κ1) is 20.1. The molecule has 28 heavy (non-hydrogen) atoms. The number of piperidine rings is 1. The van der Waals surface area contributed by atoms with Crippen molar-refractivity contribution in [2.24, 2.45) is 5.92 Å². The second-order valence-electron chi connectivity index (χ2n) is 7.58. The minimum atomic E-state index is 0.00416. The van der Waals surface area contributed by atoms with E-state index >= 15 is 0 Å². The maximum absolute atomic E-state index is 12.7. The third kappa shape index (κ3) is 5.22. The Balaban J connectivity index is 1.59. The molecule has 148 valence electrons. The topological polar surface area (TPSA) is 49.4 Å². The molecule has 1 aliphatic rings. The van der Waals surface area contributed by atoms with Crippen molar-refractivity contribution in [1.29, 1.82) is 0 Å². The van der Waals surface area contributed by atoms with Crippen molar-refractivity contribution in [3.63, 3.8) is 0 Å². The average molecular weight is 379 g/mol. The smallest absolute Gasteiger partial charge is 0.253 e. The van der Waals surface area contributed by atoms with Crippen molar-refractivity contribution in [3.8, 4) is 0 Å². The molecule has 0 radical (unpaired) electrons. The molecule has 0 unspecified atom stereocenters. The van der Waals surface area contributed by atoms with E-state index in [-0.39, 0.29) is 17.9 Å². The first-order chi connectivity index (χ1) is 13.7. The van der Waals surface area contributed by atoms with Gasteiger partial charge in [0.05, 0.1) is 0 Å². The number of carbonyl (C=O) groups is 2. The molecule has 1 N–H and O–H groups in total. The Morgan fingerprint density at radius 1 is 0.964 bits per heavy atom. The molecule has 1 saturated heterocycles. The number of benzene rings is 2. The minimum Gasteiger partial charge on any atom is -0.349 e. The molecule has 0 bridgehead atoms. The van der Waals surface area contributed by atoms with Crippen molar-refractivity contribution >= 4 is 11.8 Å². The van der Waals surface area contributed by atoms with Gasteiger partial charge in [-0.05, 0) is 49.4 Å². The van der Waals surface area contributed by atoms with Gasteiger partial charge >= 0.3 is 0 Å². The second-order valence-corrected chi connectivity index (χ2v) is 7.58. The molecule has 0 aliphatic carbocycles. The van der Waals surface area contributed by atoms with Crippen LogP contribution in [0.25, 0.3) is 0 Å². The lowest BCUT2D eigenvalue weighted by Crippen LogP contribution is -2.46. The zero-order valence-electron chi connectivity index (χ0n) is 16.6. The van der Waals surface area contributed by atoms with Crippen LogP contribution in [0.1, 0.15) is 59.7 Å². The second kappa shape index (κ2) is 10.1. The van der Waals surface area contributed by atoms with Crippen LogP contribution in [0.4, 0.5) is 0 Å². The summed E-state index contributed by atoms with van der Waals surface area (Å²) >= 11 is 0. The highest BCUT2D eigenvalue weighted by Gasteiger charge is 2.29. The molecule has 4 heteroatoms. The van der Waals surface area contributed by atoms with Crippen molar-refractivity contribution in [2.75, 3.05) is 13.1 Å². The van der Waals surface area contributed by atoms with E-state index in [4.69, 9.17) is 0 Å². The summed E-state index contributed by atoms with van der Waals surface area (Å²) in [5, 5.41) is 3.27. The summed E-state index contributed by atoms with van der Waals surface area (Å²) in [6, 6.07) is 19.1. The van der Waals surface area contributed by atoms with Crippen LogP contribution in [-0.4, -0.2) is 35.8 Å². The fourth-order valence-corrected chi connectivity index (χ4v) is 3.96. The van der Waals surface area contributed by atoms with E-state index in [0.29, 0.717) is 11.5 Å². The van der Waals surface area contributed by atoms with Gasteiger partial charge < -0.3 is 10.2 Å². The van der Waals surface area contributed by atoms with Crippen LogP contribution in [0.15, 0.2) is 60.7 Å². The van der Waals surface area contributed by atoms with Gasteiger partial charge in [-0.1, -0.05) is 56.2 Å². The number of carbonyl (C=O) groups excluding carboxylic acids is 2. The standard InChI is InChI=1S/C24H30N2O2/c1-2-3-14-22(25-23(27)20-10-6-4-7-11-20)19-15-17-26(18-16-19)24(28)21-12-8-5-9-13-21/h4-13,19,22H,2-3,14-18H2,1H3,(H,25,27)/t22-/m0/s1. The normalized spacial score (nSPS) is 15.8. The summed E-state index contributed by atoms with van der Waals surface area (Å²) in [4.78, 5) is 27.3. The molecule has 2 amide bonds. The Labute approximate surface area is 167 Å². The lowest BCUT2D eigenvalue weighted by Gasteiger charge is -2.36. The molecule has 1 atom stereocenters. The maximum Gasteiger partial charge on any atom is 0.253 e. The van der Waals surface area contributed by atoms with Gasteiger partial charge in [0.2, 0.25) is 0 Å². The molecule has 0 spiro atoms. The lowest BCUT2D eigenvalue weighted by atomic mass is 9.86. The van der Waals surface area contributed by atoms with Crippen molar-refractivity contribution < 1.29 is 9.59 Å². The van der Waals surface area contributed by atoms with Gasteiger partial charge in [-0.25, -0.2) is 0 Å². The van der Waals surface area contributed by atoms with Gasteiger partial charge in [-0.2, -0.15) is 0 Å². The molecule has 1 aliphatic heterocycles. The Morgan fingerprint density at radius 3 is 2.11 bits per heavy atom. The van der Waals surface area contributed by atoms with Gasteiger partial charge in [0.1, 0.15) is 0 Å². The summed E-state index contributed by atoms with van der Waals surface area (Å²) in [5.41, 5.74) is 1.46.